The largest absolute Gasteiger partial charge is 0.312 e. The van der Waals surface area contributed by atoms with Crippen LogP contribution in [-0.2, 0) is 5.41 Å². The SMILES string of the molecule is CNC(CN1CC(C)CC1C)c1ccc(C(C)(C)C)cc1. The first-order chi connectivity index (χ1) is 9.81. The molecule has 2 nitrogen and oxygen atoms in total. The molecule has 0 amide bonds. The quantitative estimate of drug-likeness (QED) is 0.901. The van der Waals surface area contributed by atoms with Crippen LogP contribution in [0.3, 0.4) is 0 Å². The van der Waals surface area contributed by atoms with Gasteiger partial charge in [-0.25, -0.2) is 0 Å². The Bertz CT molecular complexity index is 444. The second-order valence-corrected chi connectivity index (χ2v) is 7.86. The Balaban J connectivity index is 2.07. The fraction of sp³-hybridized carbons (Fsp3) is 0.684. The first-order valence-electron chi connectivity index (χ1n) is 8.33. The van der Waals surface area contributed by atoms with Gasteiger partial charge in [0, 0.05) is 25.2 Å². The Labute approximate surface area is 130 Å². The van der Waals surface area contributed by atoms with Crippen LogP contribution < -0.4 is 5.32 Å². The highest BCUT2D eigenvalue weighted by Crippen LogP contribution is 2.27. The van der Waals surface area contributed by atoms with E-state index in [1.165, 1.54) is 24.1 Å². The lowest BCUT2D eigenvalue weighted by atomic mass is 9.86. The maximum Gasteiger partial charge on any atom is 0.0446 e. The molecule has 2 heteroatoms. The minimum Gasteiger partial charge on any atom is -0.312 e. The van der Waals surface area contributed by atoms with Crippen molar-refractivity contribution in [2.75, 3.05) is 20.1 Å². The van der Waals surface area contributed by atoms with Crippen LogP contribution in [0.1, 0.15) is 58.2 Å². The summed E-state index contributed by atoms with van der Waals surface area (Å²) in [6.45, 7) is 13.9. The van der Waals surface area contributed by atoms with Gasteiger partial charge in [-0.05, 0) is 42.9 Å². The number of nitrogens with zero attached hydrogens (tertiary/aromatic N) is 1. The lowest BCUT2D eigenvalue weighted by Gasteiger charge is -2.28. The van der Waals surface area contributed by atoms with Crippen molar-refractivity contribution in [2.24, 2.45) is 5.92 Å². The number of likely N-dealkylation sites (tertiary alicyclic amines) is 1. The molecule has 0 aromatic heterocycles. The Kier molecular flexibility index (Phi) is 5.11. The molecule has 0 radical (unpaired) electrons. The monoisotopic (exact) mass is 288 g/mol. The maximum absolute atomic E-state index is 3.50. The summed E-state index contributed by atoms with van der Waals surface area (Å²) in [5.41, 5.74) is 3.04. The van der Waals surface area contributed by atoms with Crippen LogP contribution in [0.5, 0.6) is 0 Å². The van der Waals surface area contributed by atoms with Crippen molar-refractivity contribution in [1.82, 2.24) is 10.2 Å². The lowest BCUT2D eigenvalue weighted by molar-refractivity contribution is 0.238. The zero-order valence-corrected chi connectivity index (χ0v) is 14.6. The van der Waals surface area contributed by atoms with Crippen LogP contribution in [-0.4, -0.2) is 31.1 Å². The molecule has 1 aliphatic heterocycles. The number of hydrogen-bond acceptors (Lipinski definition) is 2. The van der Waals surface area contributed by atoms with Crippen molar-refractivity contribution >= 4 is 0 Å². The standard InChI is InChI=1S/C19H32N2/c1-14-11-15(2)21(12-14)13-18(20-6)16-7-9-17(10-8-16)19(3,4)5/h7-10,14-15,18,20H,11-13H2,1-6H3. The molecule has 0 bridgehead atoms. The van der Waals surface area contributed by atoms with Gasteiger partial charge in [0.2, 0.25) is 0 Å². The van der Waals surface area contributed by atoms with E-state index in [0.717, 1.165) is 12.5 Å². The summed E-state index contributed by atoms with van der Waals surface area (Å²) in [6.07, 6.45) is 1.33. The molecule has 1 N–H and O–H groups in total. The van der Waals surface area contributed by atoms with E-state index in [0.29, 0.717) is 12.1 Å². The number of rotatable bonds is 4. The summed E-state index contributed by atoms with van der Waals surface area (Å²) in [7, 11) is 2.08. The van der Waals surface area contributed by atoms with Crippen molar-refractivity contribution in [3.05, 3.63) is 35.4 Å². The van der Waals surface area contributed by atoms with E-state index in [9.17, 15) is 0 Å². The summed E-state index contributed by atoms with van der Waals surface area (Å²) < 4.78 is 0. The lowest BCUT2D eigenvalue weighted by Crippen LogP contribution is -2.36. The molecule has 1 fully saturated rings. The first kappa shape index (κ1) is 16.5. The zero-order valence-electron chi connectivity index (χ0n) is 14.6. The Morgan fingerprint density at radius 2 is 1.81 bits per heavy atom. The molecule has 3 unspecified atom stereocenters. The minimum absolute atomic E-state index is 0.229. The molecule has 118 valence electrons. The Hall–Kier alpha value is -0.860. The summed E-state index contributed by atoms with van der Waals surface area (Å²) >= 11 is 0. The van der Waals surface area contributed by atoms with Crippen LogP contribution in [0.25, 0.3) is 0 Å². The molecule has 21 heavy (non-hydrogen) atoms. The number of benzene rings is 1. The van der Waals surface area contributed by atoms with E-state index in [2.05, 4.69) is 76.1 Å². The maximum atomic E-state index is 3.50. The molecule has 2 rings (SSSR count). The minimum atomic E-state index is 0.229. The third kappa shape index (κ3) is 4.08. The summed E-state index contributed by atoms with van der Waals surface area (Å²) in [5.74, 6) is 0.834. The van der Waals surface area contributed by atoms with E-state index in [1.54, 1.807) is 0 Å². The molecule has 1 aliphatic rings. The van der Waals surface area contributed by atoms with Gasteiger partial charge in [-0.2, -0.15) is 0 Å². The molecule has 1 aromatic rings. The zero-order chi connectivity index (χ0) is 15.6. The average molecular weight is 288 g/mol. The molecule has 1 heterocycles. The smallest absolute Gasteiger partial charge is 0.0446 e. The van der Waals surface area contributed by atoms with Crippen LogP contribution in [0.2, 0.25) is 0 Å². The molecule has 0 spiro atoms. The molecule has 3 atom stereocenters. The van der Waals surface area contributed by atoms with Crippen LogP contribution in [0, 0.1) is 5.92 Å². The van der Waals surface area contributed by atoms with Crippen molar-refractivity contribution in [2.45, 2.75) is 58.5 Å². The van der Waals surface area contributed by atoms with Gasteiger partial charge < -0.3 is 5.32 Å². The highest BCUT2D eigenvalue weighted by molar-refractivity contribution is 5.29. The highest BCUT2D eigenvalue weighted by Gasteiger charge is 2.28. The van der Waals surface area contributed by atoms with Crippen molar-refractivity contribution in [1.29, 1.82) is 0 Å². The van der Waals surface area contributed by atoms with Gasteiger partial charge in [0.1, 0.15) is 0 Å². The second kappa shape index (κ2) is 6.50. The van der Waals surface area contributed by atoms with Gasteiger partial charge in [0.05, 0.1) is 0 Å². The van der Waals surface area contributed by atoms with Gasteiger partial charge in [-0.3, -0.25) is 4.90 Å². The van der Waals surface area contributed by atoms with Crippen LogP contribution in [0.4, 0.5) is 0 Å². The van der Waals surface area contributed by atoms with Crippen molar-refractivity contribution < 1.29 is 0 Å². The topological polar surface area (TPSA) is 15.3 Å². The van der Waals surface area contributed by atoms with E-state index >= 15 is 0 Å². The number of nitrogens with one attached hydrogen (secondary N) is 1. The van der Waals surface area contributed by atoms with Gasteiger partial charge in [0.25, 0.3) is 0 Å². The molecule has 1 aromatic carbocycles. The van der Waals surface area contributed by atoms with Gasteiger partial charge in [0.15, 0.2) is 0 Å². The van der Waals surface area contributed by atoms with Gasteiger partial charge in [-0.1, -0.05) is 52.0 Å². The number of likely N-dealkylation sites (N-methyl/N-ethyl adjacent to an activating group) is 1. The molecular weight excluding hydrogens is 256 g/mol. The van der Waals surface area contributed by atoms with E-state index in [1.807, 2.05) is 0 Å². The van der Waals surface area contributed by atoms with Crippen molar-refractivity contribution in [3.8, 4) is 0 Å². The van der Waals surface area contributed by atoms with Gasteiger partial charge >= 0.3 is 0 Å². The van der Waals surface area contributed by atoms with Crippen LogP contribution in [0.15, 0.2) is 24.3 Å². The Morgan fingerprint density at radius 1 is 1.19 bits per heavy atom. The summed E-state index contributed by atoms with van der Waals surface area (Å²) in [4.78, 5) is 2.63. The predicted octanol–water partition coefficient (Wildman–Crippen LogP) is 3.97. The first-order valence-corrected chi connectivity index (χ1v) is 8.33. The normalized spacial score (nSPS) is 25.2. The van der Waals surface area contributed by atoms with Gasteiger partial charge in [-0.15, -0.1) is 0 Å². The average Bonchev–Trinajstić information content (AvgIpc) is 2.73. The number of hydrogen-bond donors (Lipinski definition) is 1. The Morgan fingerprint density at radius 3 is 2.24 bits per heavy atom. The second-order valence-electron chi connectivity index (χ2n) is 7.86. The van der Waals surface area contributed by atoms with E-state index < -0.39 is 0 Å². The summed E-state index contributed by atoms with van der Waals surface area (Å²) in [5, 5.41) is 3.50. The fourth-order valence-corrected chi connectivity index (χ4v) is 3.45. The third-order valence-electron chi connectivity index (χ3n) is 4.86. The summed E-state index contributed by atoms with van der Waals surface area (Å²) in [6, 6.07) is 10.3. The third-order valence-corrected chi connectivity index (χ3v) is 4.86. The van der Waals surface area contributed by atoms with Crippen LogP contribution >= 0.6 is 0 Å². The molecular formula is C19H32N2. The fourth-order valence-electron chi connectivity index (χ4n) is 3.45. The highest BCUT2D eigenvalue weighted by atomic mass is 15.2. The molecule has 0 saturated carbocycles. The van der Waals surface area contributed by atoms with E-state index in [-0.39, 0.29) is 5.41 Å². The molecule has 1 saturated heterocycles. The molecule has 0 aliphatic carbocycles. The van der Waals surface area contributed by atoms with E-state index in [4.69, 9.17) is 0 Å². The predicted molar refractivity (Wildman–Crippen MR) is 91.8 cm³/mol. The van der Waals surface area contributed by atoms with Crippen molar-refractivity contribution in [3.63, 3.8) is 0 Å².